The molecular weight excluding hydrogens is 310 g/mol. The van der Waals surface area contributed by atoms with Crippen LogP contribution in [0.25, 0.3) is 5.65 Å². The Morgan fingerprint density at radius 1 is 1.14 bits per heavy atom. The molecule has 1 aromatic carbocycles. The van der Waals surface area contributed by atoms with Gasteiger partial charge < -0.3 is 4.74 Å². The lowest BCUT2D eigenvalue weighted by Crippen LogP contribution is -2.00. The summed E-state index contributed by atoms with van der Waals surface area (Å²) >= 11 is 1.38. The number of alkyl halides is 2. The maximum Gasteiger partial charge on any atom is 0.299 e. The van der Waals surface area contributed by atoms with Crippen LogP contribution in [0.5, 0.6) is 0 Å². The highest BCUT2D eigenvalue weighted by Gasteiger charge is 2.17. The molecule has 22 heavy (non-hydrogen) atoms. The fourth-order valence-electron chi connectivity index (χ4n) is 1.92. The van der Waals surface area contributed by atoms with E-state index in [0.29, 0.717) is 17.3 Å². The monoisotopic (exact) mass is 322 g/mol. The van der Waals surface area contributed by atoms with Gasteiger partial charge in [0.15, 0.2) is 5.65 Å². The molecule has 0 aliphatic rings. The number of rotatable bonds is 5. The van der Waals surface area contributed by atoms with Crippen molar-refractivity contribution in [3.8, 4) is 0 Å². The number of benzene rings is 1. The molecule has 0 bridgehead atoms. The van der Waals surface area contributed by atoms with Gasteiger partial charge in [-0.2, -0.15) is 9.61 Å². The number of halogens is 2. The van der Waals surface area contributed by atoms with Crippen LogP contribution in [0, 0.1) is 0 Å². The van der Waals surface area contributed by atoms with E-state index in [0.717, 1.165) is 15.0 Å². The Kier molecular flexibility index (Phi) is 4.30. The molecule has 3 rings (SSSR count). The van der Waals surface area contributed by atoms with Gasteiger partial charge in [-0.15, -0.1) is 10.2 Å². The molecule has 0 N–H and O–H groups in total. The Labute approximate surface area is 129 Å². The fourth-order valence-corrected chi connectivity index (χ4v) is 2.69. The first-order valence-corrected chi connectivity index (χ1v) is 7.25. The molecular formula is C14H12F2N4OS. The molecule has 0 aliphatic heterocycles. The molecule has 2 aromatic heterocycles. The SMILES string of the molecule is COCc1ccc(Sc2ccc3nnc(C(F)F)n3n2)cc1. The van der Waals surface area contributed by atoms with Gasteiger partial charge in [0.1, 0.15) is 5.03 Å². The Morgan fingerprint density at radius 2 is 1.91 bits per heavy atom. The second-order valence-corrected chi connectivity index (χ2v) is 5.57. The van der Waals surface area contributed by atoms with Crippen molar-refractivity contribution in [1.29, 1.82) is 0 Å². The first kappa shape index (κ1) is 14.9. The van der Waals surface area contributed by atoms with Gasteiger partial charge in [-0.05, 0) is 29.8 Å². The third-order valence-electron chi connectivity index (χ3n) is 2.91. The second kappa shape index (κ2) is 6.37. The van der Waals surface area contributed by atoms with Crippen molar-refractivity contribution >= 4 is 17.4 Å². The fraction of sp³-hybridized carbons (Fsp3) is 0.214. The Morgan fingerprint density at radius 3 is 2.59 bits per heavy atom. The highest BCUT2D eigenvalue weighted by atomic mass is 32.2. The van der Waals surface area contributed by atoms with Crippen molar-refractivity contribution in [2.45, 2.75) is 23.0 Å². The van der Waals surface area contributed by atoms with E-state index >= 15 is 0 Å². The largest absolute Gasteiger partial charge is 0.380 e. The molecule has 0 saturated heterocycles. The lowest BCUT2D eigenvalue weighted by molar-refractivity contribution is 0.137. The molecule has 0 amide bonds. The maximum atomic E-state index is 12.8. The van der Waals surface area contributed by atoms with Crippen molar-refractivity contribution in [1.82, 2.24) is 19.8 Å². The zero-order valence-electron chi connectivity index (χ0n) is 11.6. The molecule has 0 saturated carbocycles. The number of hydrogen-bond acceptors (Lipinski definition) is 5. The molecule has 2 heterocycles. The number of ether oxygens (including phenoxy) is 1. The highest BCUT2D eigenvalue weighted by molar-refractivity contribution is 7.99. The predicted molar refractivity (Wildman–Crippen MR) is 77.0 cm³/mol. The van der Waals surface area contributed by atoms with Crippen molar-refractivity contribution in [2.24, 2.45) is 0 Å². The van der Waals surface area contributed by atoms with Gasteiger partial charge in [0.05, 0.1) is 6.61 Å². The number of hydrogen-bond donors (Lipinski definition) is 0. The average Bonchev–Trinajstić information content (AvgIpc) is 2.93. The van der Waals surface area contributed by atoms with E-state index in [1.807, 2.05) is 24.3 Å². The number of aromatic nitrogens is 4. The lowest BCUT2D eigenvalue weighted by atomic mass is 10.2. The molecule has 0 spiro atoms. The summed E-state index contributed by atoms with van der Waals surface area (Å²) in [5, 5.41) is 11.9. The smallest absolute Gasteiger partial charge is 0.299 e. The second-order valence-electron chi connectivity index (χ2n) is 4.48. The van der Waals surface area contributed by atoms with Crippen LogP contribution in [0.15, 0.2) is 46.3 Å². The normalized spacial score (nSPS) is 11.5. The number of methoxy groups -OCH3 is 1. The molecule has 0 aliphatic carbocycles. The minimum absolute atomic E-state index is 0.301. The first-order valence-electron chi connectivity index (χ1n) is 6.43. The summed E-state index contributed by atoms with van der Waals surface area (Å²) in [4.78, 5) is 0.957. The van der Waals surface area contributed by atoms with Crippen LogP contribution in [-0.2, 0) is 11.3 Å². The van der Waals surface area contributed by atoms with Crippen LogP contribution in [0.3, 0.4) is 0 Å². The minimum atomic E-state index is -2.71. The van der Waals surface area contributed by atoms with E-state index in [2.05, 4.69) is 15.3 Å². The van der Waals surface area contributed by atoms with E-state index in [1.54, 1.807) is 19.2 Å². The van der Waals surface area contributed by atoms with Gasteiger partial charge in [0.2, 0.25) is 5.82 Å². The zero-order chi connectivity index (χ0) is 15.5. The maximum absolute atomic E-state index is 12.8. The molecule has 8 heteroatoms. The van der Waals surface area contributed by atoms with Crippen LogP contribution >= 0.6 is 11.8 Å². The highest BCUT2D eigenvalue weighted by Crippen LogP contribution is 2.27. The quantitative estimate of drug-likeness (QED) is 0.721. The lowest BCUT2D eigenvalue weighted by Gasteiger charge is -2.04. The van der Waals surface area contributed by atoms with Gasteiger partial charge >= 0.3 is 0 Å². The molecule has 0 fully saturated rings. The number of nitrogens with zero attached hydrogens (tertiary/aromatic N) is 4. The molecule has 5 nitrogen and oxygen atoms in total. The Hall–Kier alpha value is -2.06. The van der Waals surface area contributed by atoms with E-state index in [9.17, 15) is 8.78 Å². The van der Waals surface area contributed by atoms with Crippen molar-refractivity contribution in [3.05, 3.63) is 47.8 Å². The minimum Gasteiger partial charge on any atom is -0.380 e. The molecule has 0 unspecified atom stereocenters. The summed E-state index contributed by atoms with van der Waals surface area (Å²) < 4.78 is 31.8. The van der Waals surface area contributed by atoms with Crippen molar-refractivity contribution in [3.63, 3.8) is 0 Å². The summed E-state index contributed by atoms with van der Waals surface area (Å²) in [7, 11) is 1.64. The van der Waals surface area contributed by atoms with E-state index < -0.39 is 12.2 Å². The van der Waals surface area contributed by atoms with E-state index in [1.165, 1.54) is 11.8 Å². The summed E-state index contributed by atoms with van der Waals surface area (Å²) in [6.07, 6.45) is -2.71. The molecule has 0 radical (unpaired) electrons. The summed E-state index contributed by atoms with van der Waals surface area (Å²) in [5.74, 6) is -0.451. The summed E-state index contributed by atoms with van der Waals surface area (Å²) in [5.41, 5.74) is 1.36. The molecule has 114 valence electrons. The summed E-state index contributed by atoms with van der Waals surface area (Å²) in [6, 6.07) is 11.1. The summed E-state index contributed by atoms with van der Waals surface area (Å²) in [6.45, 7) is 0.549. The van der Waals surface area contributed by atoms with Gasteiger partial charge in [-0.25, -0.2) is 8.78 Å². The van der Waals surface area contributed by atoms with Crippen molar-refractivity contribution in [2.75, 3.05) is 7.11 Å². The Bertz CT molecular complexity index is 776. The zero-order valence-corrected chi connectivity index (χ0v) is 12.4. The average molecular weight is 322 g/mol. The van der Waals surface area contributed by atoms with Crippen LogP contribution in [0.2, 0.25) is 0 Å². The van der Waals surface area contributed by atoms with Gasteiger partial charge in [0.25, 0.3) is 6.43 Å². The van der Waals surface area contributed by atoms with Crippen LogP contribution in [0.1, 0.15) is 17.8 Å². The van der Waals surface area contributed by atoms with Crippen LogP contribution < -0.4 is 0 Å². The van der Waals surface area contributed by atoms with Gasteiger partial charge in [0, 0.05) is 12.0 Å². The number of fused-ring (bicyclic) bond motifs is 1. The molecule has 3 aromatic rings. The standard InChI is InChI=1S/C14H12F2N4OS/c1-21-8-9-2-4-10(5-3-9)22-12-7-6-11-17-18-14(13(15)16)20(11)19-12/h2-7,13H,8H2,1H3. The van der Waals surface area contributed by atoms with Crippen molar-refractivity contribution < 1.29 is 13.5 Å². The Balaban J connectivity index is 1.85. The van der Waals surface area contributed by atoms with Gasteiger partial charge in [-0.3, -0.25) is 0 Å². The predicted octanol–water partition coefficient (Wildman–Crippen LogP) is 3.36. The van der Waals surface area contributed by atoms with Crippen LogP contribution in [0.4, 0.5) is 8.78 Å². The topological polar surface area (TPSA) is 52.3 Å². The van der Waals surface area contributed by atoms with Gasteiger partial charge in [-0.1, -0.05) is 23.9 Å². The third kappa shape index (κ3) is 3.07. The molecule has 0 atom stereocenters. The van der Waals surface area contributed by atoms with Crippen LogP contribution in [-0.4, -0.2) is 26.9 Å². The van der Waals surface area contributed by atoms with E-state index in [4.69, 9.17) is 4.74 Å². The van der Waals surface area contributed by atoms with E-state index in [-0.39, 0.29) is 0 Å². The third-order valence-corrected chi connectivity index (χ3v) is 3.85. The first-order chi connectivity index (χ1) is 10.7.